The molecule has 16 heavy (non-hydrogen) atoms. The molecule has 0 saturated heterocycles. The molecule has 0 amide bonds. The summed E-state index contributed by atoms with van der Waals surface area (Å²) in [7, 11) is 0. The van der Waals surface area contributed by atoms with Gasteiger partial charge >= 0.3 is 0 Å². The molecule has 2 atom stereocenters. The van der Waals surface area contributed by atoms with Crippen molar-refractivity contribution in [2.24, 2.45) is 5.92 Å². The number of nitrogens with zero attached hydrogens (tertiary/aromatic N) is 2. The third kappa shape index (κ3) is 2.31. The largest absolute Gasteiger partial charge is 0.393 e. The molecule has 0 radical (unpaired) electrons. The van der Waals surface area contributed by atoms with E-state index in [1.807, 2.05) is 0 Å². The molecule has 2 unspecified atom stereocenters. The molecule has 1 aliphatic rings. The van der Waals surface area contributed by atoms with E-state index in [1.165, 1.54) is 0 Å². The topological polar surface area (TPSA) is 68.9 Å². The zero-order valence-corrected chi connectivity index (χ0v) is 9.06. The predicted molar refractivity (Wildman–Crippen MR) is 60.8 cm³/mol. The maximum atomic E-state index is 9.67. The van der Waals surface area contributed by atoms with E-state index in [2.05, 4.69) is 16.4 Å². The average Bonchev–Trinajstić information content (AvgIpc) is 2.72. The minimum Gasteiger partial charge on any atom is -0.393 e. The van der Waals surface area contributed by atoms with Crippen LogP contribution in [0.4, 0.5) is 5.82 Å². The van der Waals surface area contributed by atoms with Crippen molar-refractivity contribution < 1.29 is 5.11 Å². The van der Waals surface area contributed by atoms with E-state index < -0.39 is 0 Å². The molecule has 1 fully saturated rings. The van der Waals surface area contributed by atoms with Crippen LogP contribution in [0.5, 0.6) is 0 Å². The van der Waals surface area contributed by atoms with Crippen LogP contribution in [0.3, 0.4) is 0 Å². The molecule has 1 aromatic heterocycles. The summed E-state index contributed by atoms with van der Waals surface area (Å²) >= 11 is 0. The smallest absolute Gasteiger partial charge is 0.143 e. The first-order valence-corrected chi connectivity index (χ1v) is 5.58. The third-order valence-corrected chi connectivity index (χ3v) is 3.08. The maximum Gasteiger partial charge on any atom is 0.143 e. The molecule has 4 nitrogen and oxygen atoms in total. The highest BCUT2D eigenvalue weighted by molar-refractivity contribution is 5.51. The summed E-state index contributed by atoms with van der Waals surface area (Å²) in [5.41, 5.74) is 0.551. The van der Waals surface area contributed by atoms with Gasteiger partial charge in [0.2, 0.25) is 0 Å². The second kappa shape index (κ2) is 4.95. The van der Waals surface area contributed by atoms with Gasteiger partial charge in [-0.25, -0.2) is 4.98 Å². The number of aromatic nitrogens is 1. The summed E-state index contributed by atoms with van der Waals surface area (Å²) in [6, 6.07) is 5.58. The van der Waals surface area contributed by atoms with E-state index in [-0.39, 0.29) is 12.0 Å². The van der Waals surface area contributed by atoms with E-state index in [0.29, 0.717) is 17.9 Å². The summed E-state index contributed by atoms with van der Waals surface area (Å²) in [5.74, 6) is 0.901. The molecule has 1 aromatic rings. The van der Waals surface area contributed by atoms with Crippen molar-refractivity contribution in [1.82, 2.24) is 4.98 Å². The lowest BCUT2D eigenvalue weighted by atomic mass is 10.1. The summed E-state index contributed by atoms with van der Waals surface area (Å²) in [6.07, 6.45) is 4.47. The number of pyridine rings is 1. The molecule has 1 aliphatic carbocycles. The van der Waals surface area contributed by atoms with Gasteiger partial charge in [-0.2, -0.15) is 5.26 Å². The molecular formula is C12H15N3O. The summed E-state index contributed by atoms with van der Waals surface area (Å²) in [4.78, 5) is 4.12. The van der Waals surface area contributed by atoms with Gasteiger partial charge in [-0.05, 0) is 25.0 Å². The first kappa shape index (κ1) is 10.9. The number of aliphatic hydroxyl groups excluding tert-OH is 1. The van der Waals surface area contributed by atoms with Gasteiger partial charge in [0, 0.05) is 18.7 Å². The fraction of sp³-hybridized carbons (Fsp3) is 0.500. The molecular weight excluding hydrogens is 202 g/mol. The Morgan fingerprint density at radius 1 is 1.56 bits per heavy atom. The minimum atomic E-state index is -0.207. The fourth-order valence-corrected chi connectivity index (χ4v) is 2.12. The Kier molecular flexibility index (Phi) is 3.37. The zero-order chi connectivity index (χ0) is 11.4. The van der Waals surface area contributed by atoms with Crippen molar-refractivity contribution in [3.8, 4) is 6.07 Å². The molecule has 0 spiro atoms. The van der Waals surface area contributed by atoms with Crippen LogP contribution >= 0.6 is 0 Å². The number of rotatable bonds is 3. The van der Waals surface area contributed by atoms with Crippen LogP contribution in [0.15, 0.2) is 18.3 Å². The number of anilines is 1. The third-order valence-electron chi connectivity index (χ3n) is 3.08. The van der Waals surface area contributed by atoms with E-state index in [1.54, 1.807) is 18.3 Å². The van der Waals surface area contributed by atoms with Gasteiger partial charge in [-0.1, -0.05) is 6.42 Å². The fourth-order valence-electron chi connectivity index (χ4n) is 2.12. The lowest BCUT2D eigenvalue weighted by molar-refractivity contribution is 0.138. The predicted octanol–water partition coefficient (Wildman–Crippen LogP) is 1.53. The van der Waals surface area contributed by atoms with Crippen molar-refractivity contribution in [3.05, 3.63) is 23.9 Å². The maximum absolute atomic E-state index is 9.67. The van der Waals surface area contributed by atoms with Gasteiger partial charge in [0.05, 0.1) is 11.7 Å². The lowest BCUT2D eigenvalue weighted by Crippen LogP contribution is -2.22. The SMILES string of the molecule is N#Cc1cccnc1NCC1CCCC1O. The quantitative estimate of drug-likeness (QED) is 0.805. The summed E-state index contributed by atoms with van der Waals surface area (Å²) in [6.45, 7) is 0.687. The van der Waals surface area contributed by atoms with Crippen LogP contribution in [0.25, 0.3) is 0 Å². The normalized spacial score (nSPS) is 24.0. The zero-order valence-electron chi connectivity index (χ0n) is 9.06. The van der Waals surface area contributed by atoms with Crippen molar-refractivity contribution in [3.63, 3.8) is 0 Å². The molecule has 0 bridgehead atoms. The van der Waals surface area contributed by atoms with Gasteiger partial charge in [0.25, 0.3) is 0 Å². The van der Waals surface area contributed by atoms with E-state index >= 15 is 0 Å². The highest BCUT2D eigenvalue weighted by Gasteiger charge is 2.24. The van der Waals surface area contributed by atoms with Gasteiger partial charge in [0.15, 0.2) is 0 Å². The van der Waals surface area contributed by atoms with Crippen LogP contribution in [0.1, 0.15) is 24.8 Å². The molecule has 0 aliphatic heterocycles. The monoisotopic (exact) mass is 217 g/mol. The Bertz CT molecular complexity index is 399. The van der Waals surface area contributed by atoms with Gasteiger partial charge in [0.1, 0.15) is 11.9 Å². The minimum absolute atomic E-state index is 0.207. The number of hydrogen-bond acceptors (Lipinski definition) is 4. The van der Waals surface area contributed by atoms with E-state index in [0.717, 1.165) is 19.3 Å². The van der Waals surface area contributed by atoms with Crippen molar-refractivity contribution in [2.45, 2.75) is 25.4 Å². The van der Waals surface area contributed by atoms with Crippen LogP contribution in [-0.2, 0) is 0 Å². The number of aliphatic hydroxyl groups is 1. The molecule has 2 N–H and O–H groups in total. The standard InChI is InChI=1S/C12H15N3O/c13-7-9-4-2-6-14-12(9)15-8-10-3-1-5-11(10)16/h2,4,6,10-11,16H,1,3,5,8H2,(H,14,15). The Hall–Kier alpha value is -1.60. The first-order chi connectivity index (χ1) is 7.81. The Morgan fingerprint density at radius 2 is 2.44 bits per heavy atom. The highest BCUT2D eigenvalue weighted by atomic mass is 16.3. The molecule has 1 saturated carbocycles. The van der Waals surface area contributed by atoms with Gasteiger partial charge in [-0.15, -0.1) is 0 Å². The Morgan fingerprint density at radius 3 is 3.12 bits per heavy atom. The molecule has 1 heterocycles. The summed E-state index contributed by atoms with van der Waals surface area (Å²) in [5, 5.41) is 21.7. The second-order valence-electron chi connectivity index (χ2n) is 4.15. The van der Waals surface area contributed by atoms with Crippen molar-refractivity contribution >= 4 is 5.82 Å². The van der Waals surface area contributed by atoms with E-state index in [9.17, 15) is 5.11 Å². The lowest BCUT2D eigenvalue weighted by Gasteiger charge is -2.15. The van der Waals surface area contributed by atoms with Crippen LogP contribution in [0.2, 0.25) is 0 Å². The number of hydrogen-bond donors (Lipinski definition) is 2. The van der Waals surface area contributed by atoms with E-state index in [4.69, 9.17) is 5.26 Å². The van der Waals surface area contributed by atoms with Gasteiger partial charge < -0.3 is 10.4 Å². The molecule has 2 rings (SSSR count). The van der Waals surface area contributed by atoms with Crippen molar-refractivity contribution in [1.29, 1.82) is 5.26 Å². The Balaban J connectivity index is 1.97. The van der Waals surface area contributed by atoms with Gasteiger partial charge in [-0.3, -0.25) is 0 Å². The molecule has 4 heteroatoms. The van der Waals surface area contributed by atoms with Crippen LogP contribution in [0, 0.1) is 17.2 Å². The average molecular weight is 217 g/mol. The van der Waals surface area contributed by atoms with Crippen LogP contribution < -0.4 is 5.32 Å². The number of nitrogens with one attached hydrogen (secondary N) is 1. The van der Waals surface area contributed by atoms with Crippen molar-refractivity contribution in [2.75, 3.05) is 11.9 Å². The molecule has 84 valence electrons. The first-order valence-electron chi connectivity index (χ1n) is 5.58. The Labute approximate surface area is 94.9 Å². The summed E-state index contributed by atoms with van der Waals surface area (Å²) < 4.78 is 0. The molecule has 0 aromatic carbocycles. The van der Waals surface area contributed by atoms with Crippen LogP contribution in [-0.4, -0.2) is 22.7 Å². The highest BCUT2D eigenvalue weighted by Crippen LogP contribution is 2.25. The number of nitriles is 1. The second-order valence-corrected chi connectivity index (χ2v) is 4.15.